The van der Waals surface area contributed by atoms with Gasteiger partial charge in [0.25, 0.3) is 0 Å². The molecular formula is C28H15F12N5O. The number of benzene rings is 1. The molecule has 5 rings (SSSR count). The predicted molar refractivity (Wildman–Crippen MR) is 138 cm³/mol. The fourth-order valence-corrected chi connectivity index (χ4v) is 4.50. The van der Waals surface area contributed by atoms with E-state index in [4.69, 9.17) is 4.74 Å². The number of alkyl halides is 12. The lowest BCUT2D eigenvalue weighted by atomic mass is 10.0. The molecule has 0 spiro atoms. The van der Waals surface area contributed by atoms with Crippen LogP contribution in [0.1, 0.15) is 39.8 Å². The number of rotatable bonds is 5. The van der Waals surface area contributed by atoms with E-state index in [1.54, 1.807) is 0 Å². The molecule has 242 valence electrons. The molecule has 0 amide bonds. The highest BCUT2D eigenvalue weighted by Gasteiger charge is 2.41. The summed E-state index contributed by atoms with van der Waals surface area (Å²) in [7, 11) is 1.34. The first-order valence-electron chi connectivity index (χ1n) is 12.6. The molecule has 1 unspecified atom stereocenters. The summed E-state index contributed by atoms with van der Waals surface area (Å²) in [6.45, 7) is 0. The number of halogens is 12. The molecule has 0 aliphatic carbocycles. The maximum atomic E-state index is 13.7. The molecule has 0 saturated heterocycles. The number of aromatic nitrogens is 4. The standard InChI is InChI=1S/C28H15F12N5O/c1-46-13-4-2-12(3-5-13)22(18-8-6-14-16(25(29,30)31)10-19(27(35,36)37)42-23(14)41-18)44-21-9-7-15-17(26(32,33)34)11-20(28(38,39)40)43-24(15)45-21/h2-11,22H,1H3,(H,43,44,45). The summed E-state index contributed by atoms with van der Waals surface area (Å²) >= 11 is 0. The normalized spacial score (nSPS) is 13.7. The third-order valence-electron chi connectivity index (χ3n) is 6.60. The lowest BCUT2D eigenvalue weighted by Gasteiger charge is -2.21. The molecule has 0 saturated carbocycles. The van der Waals surface area contributed by atoms with Gasteiger partial charge in [0.05, 0.1) is 30.0 Å². The van der Waals surface area contributed by atoms with Crippen molar-refractivity contribution in [1.29, 1.82) is 0 Å². The van der Waals surface area contributed by atoms with E-state index in [0.717, 1.165) is 24.3 Å². The number of methoxy groups -OCH3 is 1. The summed E-state index contributed by atoms with van der Waals surface area (Å²) in [5.74, 6) is -0.0178. The summed E-state index contributed by atoms with van der Waals surface area (Å²) in [6, 6.07) is 7.78. The Kier molecular flexibility index (Phi) is 7.89. The van der Waals surface area contributed by atoms with Crippen LogP contribution in [0, 0.1) is 0 Å². The summed E-state index contributed by atoms with van der Waals surface area (Å²) < 4.78 is 168. The highest BCUT2D eigenvalue weighted by molar-refractivity contribution is 5.82. The monoisotopic (exact) mass is 665 g/mol. The maximum Gasteiger partial charge on any atom is 0.433 e. The number of ether oxygens (including phenoxy) is 1. The van der Waals surface area contributed by atoms with Gasteiger partial charge in [-0.05, 0) is 54.1 Å². The Bertz CT molecular complexity index is 1920. The van der Waals surface area contributed by atoms with Gasteiger partial charge in [-0.3, -0.25) is 0 Å². The molecule has 4 heterocycles. The van der Waals surface area contributed by atoms with Crippen molar-refractivity contribution in [1.82, 2.24) is 19.9 Å². The molecule has 4 aromatic heterocycles. The minimum absolute atomic E-state index is 0.153. The number of nitrogens with zero attached hydrogens (tertiary/aromatic N) is 4. The Labute approximate surface area is 249 Å². The molecule has 6 nitrogen and oxygen atoms in total. The number of anilines is 1. The van der Waals surface area contributed by atoms with Crippen LogP contribution in [0.3, 0.4) is 0 Å². The van der Waals surface area contributed by atoms with Gasteiger partial charge in [-0.25, -0.2) is 19.9 Å². The smallest absolute Gasteiger partial charge is 0.433 e. The van der Waals surface area contributed by atoms with E-state index in [1.807, 2.05) is 0 Å². The van der Waals surface area contributed by atoms with Crippen molar-refractivity contribution in [3.8, 4) is 5.75 Å². The first-order valence-corrected chi connectivity index (χ1v) is 12.6. The van der Waals surface area contributed by atoms with Crippen molar-refractivity contribution in [2.45, 2.75) is 30.7 Å². The average molecular weight is 665 g/mol. The molecule has 5 aromatic rings. The van der Waals surface area contributed by atoms with Gasteiger partial charge in [0.1, 0.15) is 23.0 Å². The average Bonchev–Trinajstić information content (AvgIpc) is 2.96. The minimum Gasteiger partial charge on any atom is -0.497 e. The summed E-state index contributed by atoms with van der Waals surface area (Å²) in [4.78, 5) is 14.3. The van der Waals surface area contributed by atoms with Crippen LogP contribution in [0.15, 0.2) is 60.7 Å². The Morgan fingerprint density at radius 2 is 1.04 bits per heavy atom. The van der Waals surface area contributed by atoms with E-state index in [2.05, 4.69) is 25.3 Å². The van der Waals surface area contributed by atoms with Crippen LogP contribution in [-0.4, -0.2) is 27.0 Å². The first kappa shape index (κ1) is 32.5. The van der Waals surface area contributed by atoms with Crippen molar-refractivity contribution < 1.29 is 57.4 Å². The SMILES string of the molecule is COc1ccc(C(Nc2ccc3c(C(F)(F)F)cc(C(F)(F)F)nc3n2)c2ccc3c(C(F)(F)F)cc(C(F)(F)F)nc3n2)cc1. The molecule has 1 aromatic carbocycles. The fourth-order valence-electron chi connectivity index (χ4n) is 4.50. The summed E-state index contributed by atoms with van der Waals surface area (Å²) in [6.07, 6.45) is -21.0. The van der Waals surface area contributed by atoms with Crippen LogP contribution in [-0.2, 0) is 24.7 Å². The van der Waals surface area contributed by atoms with Gasteiger partial charge in [0.15, 0.2) is 11.3 Å². The van der Waals surface area contributed by atoms with Crippen molar-refractivity contribution >= 4 is 27.9 Å². The molecule has 18 heteroatoms. The molecule has 1 atom stereocenters. The zero-order valence-corrected chi connectivity index (χ0v) is 22.6. The molecule has 0 bridgehead atoms. The van der Waals surface area contributed by atoms with Gasteiger partial charge >= 0.3 is 24.7 Å². The van der Waals surface area contributed by atoms with Crippen LogP contribution < -0.4 is 10.1 Å². The van der Waals surface area contributed by atoms with E-state index < -0.39 is 75.3 Å². The van der Waals surface area contributed by atoms with Crippen molar-refractivity contribution in [2.75, 3.05) is 12.4 Å². The maximum absolute atomic E-state index is 13.7. The van der Waals surface area contributed by atoms with Crippen molar-refractivity contribution in [3.05, 3.63) is 94.4 Å². The zero-order chi connectivity index (χ0) is 33.8. The molecule has 1 N–H and O–H groups in total. The van der Waals surface area contributed by atoms with Crippen LogP contribution in [0.4, 0.5) is 58.5 Å². The highest BCUT2D eigenvalue weighted by Crippen LogP contribution is 2.41. The number of pyridine rings is 4. The van der Waals surface area contributed by atoms with Gasteiger partial charge < -0.3 is 10.1 Å². The summed E-state index contributed by atoms with van der Waals surface area (Å²) in [5, 5.41) is 1.20. The molecule has 0 aliphatic heterocycles. The molecule has 46 heavy (non-hydrogen) atoms. The Morgan fingerprint density at radius 3 is 1.50 bits per heavy atom. The van der Waals surface area contributed by atoms with Crippen LogP contribution >= 0.6 is 0 Å². The van der Waals surface area contributed by atoms with Crippen molar-refractivity contribution in [2.24, 2.45) is 0 Å². The second-order valence-electron chi connectivity index (χ2n) is 9.63. The van der Waals surface area contributed by atoms with Crippen LogP contribution in [0.2, 0.25) is 0 Å². The largest absolute Gasteiger partial charge is 0.497 e. The second-order valence-corrected chi connectivity index (χ2v) is 9.63. The van der Waals surface area contributed by atoms with Gasteiger partial charge in [-0.2, -0.15) is 52.7 Å². The molecular weight excluding hydrogens is 650 g/mol. The fraction of sp³-hybridized carbons (Fsp3) is 0.214. The van der Waals surface area contributed by atoms with Crippen molar-refractivity contribution in [3.63, 3.8) is 0 Å². The Morgan fingerprint density at radius 1 is 0.565 bits per heavy atom. The van der Waals surface area contributed by atoms with Gasteiger partial charge in [0.2, 0.25) is 0 Å². The van der Waals surface area contributed by atoms with E-state index in [-0.39, 0.29) is 29.2 Å². The summed E-state index contributed by atoms with van der Waals surface area (Å²) in [5.41, 5.74) is -8.91. The molecule has 0 fully saturated rings. The van der Waals surface area contributed by atoms with Gasteiger partial charge in [-0.1, -0.05) is 12.1 Å². The van der Waals surface area contributed by atoms with E-state index in [9.17, 15) is 52.7 Å². The van der Waals surface area contributed by atoms with Crippen LogP contribution in [0.5, 0.6) is 5.75 Å². The number of hydrogen-bond acceptors (Lipinski definition) is 6. The quantitative estimate of drug-likeness (QED) is 0.189. The third-order valence-corrected chi connectivity index (χ3v) is 6.60. The van der Waals surface area contributed by atoms with Crippen LogP contribution in [0.25, 0.3) is 22.1 Å². The van der Waals surface area contributed by atoms with E-state index in [1.165, 1.54) is 31.4 Å². The lowest BCUT2D eigenvalue weighted by Crippen LogP contribution is -2.18. The Hall–Kier alpha value is -4.90. The topological polar surface area (TPSA) is 72.8 Å². The number of hydrogen-bond donors (Lipinski definition) is 1. The third kappa shape index (κ3) is 6.55. The molecule has 0 radical (unpaired) electrons. The van der Waals surface area contributed by atoms with Gasteiger partial charge in [0, 0.05) is 10.8 Å². The second kappa shape index (κ2) is 11.2. The van der Waals surface area contributed by atoms with E-state index in [0.29, 0.717) is 5.75 Å². The highest BCUT2D eigenvalue weighted by atomic mass is 19.4. The minimum atomic E-state index is -5.27. The van der Waals surface area contributed by atoms with Gasteiger partial charge in [-0.15, -0.1) is 0 Å². The van der Waals surface area contributed by atoms with E-state index >= 15 is 0 Å². The zero-order valence-electron chi connectivity index (χ0n) is 22.6. The predicted octanol–water partition coefficient (Wildman–Crippen LogP) is 8.86. The lowest BCUT2D eigenvalue weighted by molar-refractivity contribution is -0.146. The Balaban J connectivity index is 1.69. The first-order chi connectivity index (χ1) is 21.3. The number of fused-ring (bicyclic) bond motifs is 2. The molecule has 0 aliphatic rings. The number of nitrogens with one attached hydrogen (secondary N) is 1.